The molecule has 0 radical (unpaired) electrons. The van der Waals surface area contributed by atoms with Gasteiger partial charge in [0.2, 0.25) is 5.84 Å². The summed E-state index contributed by atoms with van der Waals surface area (Å²) < 4.78 is 0. The molecule has 0 saturated carbocycles. The highest BCUT2D eigenvalue weighted by Crippen LogP contribution is 2.18. The van der Waals surface area contributed by atoms with Gasteiger partial charge in [0.1, 0.15) is 0 Å². The molecule has 0 amide bonds. The van der Waals surface area contributed by atoms with Crippen LogP contribution in [-0.2, 0) is 0 Å². The van der Waals surface area contributed by atoms with Crippen LogP contribution in [0.4, 0.5) is 17.1 Å². The third-order valence-corrected chi connectivity index (χ3v) is 3.67. The van der Waals surface area contributed by atoms with Crippen LogP contribution < -0.4 is 5.43 Å². The predicted octanol–water partition coefficient (Wildman–Crippen LogP) is 5.46. The molecule has 3 aromatic carbocycles. The number of benzene rings is 3. The van der Waals surface area contributed by atoms with Crippen LogP contribution in [0.2, 0.25) is 0 Å². The number of amidine groups is 1. The van der Waals surface area contributed by atoms with Crippen LogP contribution in [0.1, 0.15) is 11.1 Å². The first kappa shape index (κ1) is 17.9. The average Bonchev–Trinajstić information content (AvgIpc) is 2.70. The quantitative estimate of drug-likeness (QED) is 0.215. The average molecular weight is 359 g/mol. The maximum absolute atomic E-state index is 11.1. The number of aryl methyl sites for hydroxylation is 1. The third-order valence-electron chi connectivity index (χ3n) is 3.67. The maximum Gasteiger partial charge on any atom is 0.270 e. The van der Waals surface area contributed by atoms with Gasteiger partial charge >= 0.3 is 0 Å². The number of azo groups is 1. The minimum absolute atomic E-state index is 0.0366. The Morgan fingerprint density at radius 3 is 2.41 bits per heavy atom. The Labute approximate surface area is 156 Å². The van der Waals surface area contributed by atoms with Crippen LogP contribution in [0.15, 0.2) is 94.2 Å². The van der Waals surface area contributed by atoms with E-state index in [1.54, 1.807) is 12.1 Å². The van der Waals surface area contributed by atoms with Crippen molar-refractivity contribution in [2.45, 2.75) is 6.92 Å². The van der Waals surface area contributed by atoms with Gasteiger partial charge in [-0.05, 0) is 31.2 Å². The minimum atomic E-state index is -0.455. The van der Waals surface area contributed by atoms with Crippen LogP contribution in [0, 0.1) is 17.0 Å². The fourth-order valence-electron chi connectivity index (χ4n) is 2.25. The monoisotopic (exact) mass is 359 g/mol. The zero-order valence-corrected chi connectivity index (χ0v) is 14.6. The number of nitrogens with one attached hydrogen (secondary N) is 1. The molecular weight excluding hydrogens is 342 g/mol. The summed E-state index contributed by atoms with van der Waals surface area (Å²) in [6.45, 7) is 1.99. The van der Waals surface area contributed by atoms with Crippen molar-refractivity contribution in [3.05, 3.63) is 100 Å². The molecule has 0 spiro atoms. The number of nitro benzene ring substituents is 1. The van der Waals surface area contributed by atoms with Crippen molar-refractivity contribution in [3.8, 4) is 0 Å². The fraction of sp³-hybridized carbons (Fsp3) is 0.0500. The van der Waals surface area contributed by atoms with Crippen molar-refractivity contribution in [2.75, 3.05) is 5.43 Å². The molecule has 27 heavy (non-hydrogen) atoms. The van der Waals surface area contributed by atoms with E-state index in [2.05, 4.69) is 20.8 Å². The molecular formula is C20H17N5O2. The van der Waals surface area contributed by atoms with Gasteiger partial charge in [-0.15, -0.1) is 10.2 Å². The molecule has 3 rings (SSSR count). The lowest BCUT2D eigenvalue weighted by Gasteiger charge is -2.03. The van der Waals surface area contributed by atoms with Gasteiger partial charge in [0, 0.05) is 17.7 Å². The zero-order valence-electron chi connectivity index (χ0n) is 14.6. The van der Waals surface area contributed by atoms with Crippen LogP contribution in [0.5, 0.6) is 0 Å². The van der Waals surface area contributed by atoms with Crippen LogP contribution in [0.25, 0.3) is 0 Å². The van der Waals surface area contributed by atoms with Crippen molar-refractivity contribution in [2.24, 2.45) is 15.3 Å². The third kappa shape index (κ3) is 5.05. The Morgan fingerprint density at radius 1 is 0.963 bits per heavy atom. The Kier molecular flexibility index (Phi) is 5.64. The molecule has 3 aromatic rings. The standard InChI is InChI=1S/C20H17N5O2/c1-15-10-12-18(13-11-15)22-24-20(23-21-17-7-3-2-4-8-17)16-6-5-9-19(14-16)25(26)27/h2-14,21H,1H3/b23-20-,24-22?. The van der Waals surface area contributed by atoms with Gasteiger partial charge in [0.05, 0.1) is 16.3 Å². The Morgan fingerprint density at radius 2 is 1.70 bits per heavy atom. The summed E-state index contributed by atoms with van der Waals surface area (Å²) in [7, 11) is 0. The Hall–Kier alpha value is -3.87. The SMILES string of the molecule is Cc1ccc(N=N/C(=N\Nc2ccccc2)c2cccc([N+](=O)[O-])c2)cc1. The van der Waals surface area contributed by atoms with E-state index in [4.69, 9.17) is 0 Å². The number of hydrogen-bond acceptors (Lipinski definition) is 5. The Bertz CT molecular complexity index is 983. The van der Waals surface area contributed by atoms with Crippen molar-refractivity contribution >= 4 is 22.9 Å². The number of non-ortho nitro benzene ring substituents is 1. The molecule has 0 aromatic heterocycles. The lowest BCUT2D eigenvalue weighted by molar-refractivity contribution is -0.384. The number of hydrazone groups is 1. The summed E-state index contributed by atoms with van der Waals surface area (Å²) >= 11 is 0. The van der Waals surface area contributed by atoms with Crippen molar-refractivity contribution < 1.29 is 4.92 Å². The molecule has 7 nitrogen and oxygen atoms in total. The van der Waals surface area contributed by atoms with E-state index in [1.165, 1.54) is 12.1 Å². The van der Waals surface area contributed by atoms with E-state index in [9.17, 15) is 10.1 Å². The van der Waals surface area contributed by atoms with E-state index in [0.29, 0.717) is 11.3 Å². The van der Waals surface area contributed by atoms with E-state index in [0.717, 1.165) is 11.3 Å². The van der Waals surface area contributed by atoms with Crippen molar-refractivity contribution in [1.29, 1.82) is 0 Å². The van der Waals surface area contributed by atoms with Crippen molar-refractivity contribution in [3.63, 3.8) is 0 Å². The number of para-hydroxylation sites is 1. The molecule has 0 fully saturated rings. The summed E-state index contributed by atoms with van der Waals surface area (Å²) in [5.41, 5.74) is 5.91. The molecule has 0 saturated heterocycles. The van der Waals surface area contributed by atoms with Gasteiger partial charge in [0.15, 0.2) is 0 Å². The molecule has 1 N–H and O–H groups in total. The molecule has 0 aliphatic carbocycles. The lowest BCUT2D eigenvalue weighted by Crippen LogP contribution is -2.02. The van der Waals surface area contributed by atoms with E-state index in [1.807, 2.05) is 61.5 Å². The van der Waals surface area contributed by atoms with Gasteiger partial charge in [-0.2, -0.15) is 5.10 Å². The largest absolute Gasteiger partial charge is 0.276 e. The number of anilines is 1. The predicted molar refractivity (Wildman–Crippen MR) is 105 cm³/mol. The molecule has 0 aliphatic heterocycles. The number of nitro groups is 1. The van der Waals surface area contributed by atoms with Gasteiger partial charge < -0.3 is 0 Å². The molecule has 0 aliphatic rings. The highest BCUT2D eigenvalue weighted by Gasteiger charge is 2.10. The molecule has 0 heterocycles. The van der Waals surface area contributed by atoms with Crippen molar-refractivity contribution in [1.82, 2.24) is 0 Å². The molecule has 0 unspecified atom stereocenters. The van der Waals surface area contributed by atoms with Gasteiger partial charge in [0.25, 0.3) is 5.69 Å². The molecule has 134 valence electrons. The van der Waals surface area contributed by atoms with Gasteiger partial charge in [-0.1, -0.05) is 48.0 Å². The highest BCUT2D eigenvalue weighted by molar-refractivity contribution is 6.00. The first-order chi connectivity index (χ1) is 13.1. The normalized spacial score (nSPS) is 11.5. The van der Waals surface area contributed by atoms with Crippen LogP contribution in [0.3, 0.4) is 0 Å². The van der Waals surface area contributed by atoms with Crippen LogP contribution >= 0.6 is 0 Å². The molecule has 7 heteroatoms. The van der Waals surface area contributed by atoms with Crippen LogP contribution in [-0.4, -0.2) is 10.8 Å². The Balaban J connectivity index is 1.94. The second-order valence-electron chi connectivity index (χ2n) is 5.76. The maximum atomic E-state index is 11.1. The summed E-state index contributed by atoms with van der Waals surface area (Å²) in [6, 6.07) is 23.0. The first-order valence-corrected chi connectivity index (χ1v) is 8.24. The number of rotatable bonds is 5. The zero-order chi connectivity index (χ0) is 19.1. The minimum Gasteiger partial charge on any atom is -0.276 e. The summed E-state index contributed by atoms with van der Waals surface area (Å²) in [5.74, 6) is 0.239. The van der Waals surface area contributed by atoms with Gasteiger partial charge in [-0.25, -0.2) is 0 Å². The topological polar surface area (TPSA) is 92.2 Å². The fourth-order valence-corrected chi connectivity index (χ4v) is 2.25. The number of hydrogen-bond donors (Lipinski definition) is 1. The summed E-state index contributed by atoms with van der Waals surface area (Å²) in [5, 5.41) is 23.7. The van der Waals surface area contributed by atoms with E-state index < -0.39 is 4.92 Å². The van der Waals surface area contributed by atoms with Gasteiger partial charge in [-0.3, -0.25) is 15.5 Å². The lowest BCUT2D eigenvalue weighted by atomic mass is 10.2. The van der Waals surface area contributed by atoms with E-state index >= 15 is 0 Å². The first-order valence-electron chi connectivity index (χ1n) is 8.24. The summed E-state index contributed by atoms with van der Waals surface area (Å²) in [6.07, 6.45) is 0. The number of nitrogens with zero attached hydrogens (tertiary/aromatic N) is 4. The smallest absolute Gasteiger partial charge is 0.270 e. The second kappa shape index (κ2) is 8.48. The van der Waals surface area contributed by atoms with E-state index in [-0.39, 0.29) is 11.5 Å². The highest BCUT2D eigenvalue weighted by atomic mass is 16.6. The molecule has 0 atom stereocenters. The second-order valence-corrected chi connectivity index (χ2v) is 5.76. The summed E-state index contributed by atoms with van der Waals surface area (Å²) in [4.78, 5) is 10.6. The molecule has 0 bridgehead atoms.